The summed E-state index contributed by atoms with van der Waals surface area (Å²) in [5.41, 5.74) is 0.668. The molecule has 0 aromatic heterocycles. The largest absolute Gasteiger partial charge is 0.313 e. The van der Waals surface area contributed by atoms with Crippen LogP contribution in [0, 0.1) is 23.2 Å². The van der Waals surface area contributed by atoms with Crippen LogP contribution in [0.15, 0.2) is 12.2 Å². The Balaban J connectivity index is 1.50. The molecule has 0 aliphatic heterocycles. The van der Waals surface area contributed by atoms with E-state index in [1.165, 1.54) is 45.1 Å². The average molecular weight is 233 g/mol. The van der Waals surface area contributed by atoms with Crippen LogP contribution in [-0.4, -0.2) is 12.6 Å². The third-order valence-corrected chi connectivity index (χ3v) is 5.94. The van der Waals surface area contributed by atoms with Crippen LogP contribution in [0.5, 0.6) is 0 Å². The fourth-order valence-corrected chi connectivity index (χ4v) is 4.26. The molecule has 3 aliphatic rings. The Morgan fingerprint density at radius 3 is 2.59 bits per heavy atom. The molecule has 2 saturated carbocycles. The molecular formula is C16H27N. The van der Waals surface area contributed by atoms with Gasteiger partial charge < -0.3 is 5.32 Å². The smallest absolute Gasteiger partial charge is 0.00730 e. The first kappa shape index (κ1) is 11.8. The lowest BCUT2D eigenvalue weighted by molar-refractivity contribution is 0.114. The van der Waals surface area contributed by atoms with Crippen LogP contribution in [0.1, 0.15) is 52.4 Å². The average Bonchev–Trinajstić information content (AvgIpc) is 2.89. The molecule has 1 heteroatoms. The van der Waals surface area contributed by atoms with Gasteiger partial charge in [0, 0.05) is 12.6 Å². The van der Waals surface area contributed by atoms with Crippen molar-refractivity contribution in [2.45, 2.75) is 58.4 Å². The second-order valence-electron chi connectivity index (χ2n) is 6.82. The first-order valence-corrected chi connectivity index (χ1v) is 7.64. The molecule has 3 rings (SSSR count). The number of fused-ring (bicyclic) bond motifs is 2. The molecule has 17 heavy (non-hydrogen) atoms. The van der Waals surface area contributed by atoms with Crippen LogP contribution in [0.4, 0.5) is 0 Å². The third kappa shape index (κ3) is 2.07. The van der Waals surface area contributed by atoms with Crippen LogP contribution in [0.2, 0.25) is 0 Å². The van der Waals surface area contributed by atoms with E-state index in [9.17, 15) is 0 Å². The van der Waals surface area contributed by atoms with Gasteiger partial charge in [-0.3, -0.25) is 0 Å². The number of allylic oxidation sites excluding steroid dienone is 2. The van der Waals surface area contributed by atoms with Crippen molar-refractivity contribution in [3.8, 4) is 0 Å². The van der Waals surface area contributed by atoms with Crippen molar-refractivity contribution in [3.63, 3.8) is 0 Å². The highest BCUT2D eigenvalue weighted by Gasteiger charge is 2.40. The molecule has 0 radical (unpaired) electrons. The lowest BCUT2D eigenvalue weighted by Gasteiger charge is -2.43. The highest BCUT2D eigenvalue weighted by atomic mass is 14.9. The Morgan fingerprint density at radius 2 is 2.12 bits per heavy atom. The van der Waals surface area contributed by atoms with Crippen LogP contribution in [-0.2, 0) is 0 Å². The molecule has 1 N–H and O–H groups in total. The number of nitrogens with one attached hydrogen (secondary N) is 1. The van der Waals surface area contributed by atoms with E-state index < -0.39 is 0 Å². The molecule has 0 aromatic rings. The van der Waals surface area contributed by atoms with Gasteiger partial charge in [0.1, 0.15) is 0 Å². The lowest BCUT2D eigenvalue weighted by atomic mass is 9.67. The van der Waals surface area contributed by atoms with Crippen molar-refractivity contribution in [2.75, 3.05) is 6.54 Å². The van der Waals surface area contributed by atoms with Gasteiger partial charge in [-0.2, -0.15) is 0 Å². The summed E-state index contributed by atoms with van der Waals surface area (Å²) in [5.74, 6) is 2.72. The second kappa shape index (κ2) is 4.42. The highest BCUT2D eigenvalue weighted by Crippen LogP contribution is 2.46. The van der Waals surface area contributed by atoms with Gasteiger partial charge in [0.25, 0.3) is 0 Å². The van der Waals surface area contributed by atoms with Crippen LogP contribution < -0.4 is 5.32 Å². The number of rotatable bonds is 5. The lowest BCUT2D eigenvalue weighted by Crippen LogP contribution is -2.45. The summed E-state index contributed by atoms with van der Waals surface area (Å²) < 4.78 is 0. The van der Waals surface area contributed by atoms with Crippen LogP contribution in [0.3, 0.4) is 0 Å². The van der Waals surface area contributed by atoms with Gasteiger partial charge in [-0.15, -0.1) is 0 Å². The molecule has 2 bridgehead atoms. The van der Waals surface area contributed by atoms with E-state index in [0.717, 1.165) is 23.8 Å². The number of hydrogen-bond acceptors (Lipinski definition) is 1. The quantitative estimate of drug-likeness (QED) is 0.713. The maximum absolute atomic E-state index is 3.87. The molecule has 0 spiro atoms. The summed E-state index contributed by atoms with van der Waals surface area (Å²) in [6, 6.07) is 0.721. The molecule has 1 nitrogen and oxygen atoms in total. The van der Waals surface area contributed by atoms with Crippen molar-refractivity contribution in [1.82, 2.24) is 5.32 Å². The first-order valence-electron chi connectivity index (χ1n) is 7.64. The zero-order valence-electron chi connectivity index (χ0n) is 11.4. The molecule has 96 valence electrons. The van der Waals surface area contributed by atoms with E-state index in [1.54, 1.807) is 0 Å². The fourth-order valence-electron chi connectivity index (χ4n) is 4.26. The zero-order chi connectivity index (χ0) is 11.9. The van der Waals surface area contributed by atoms with Crippen molar-refractivity contribution in [1.29, 1.82) is 0 Å². The highest BCUT2D eigenvalue weighted by molar-refractivity contribution is 5.11. The Labute approximate surface area is 106 Å². The maximum Gasteiger partial charge on any atom is 0.00730 e. The maximum atomic E-state index is 3.87. The predicted octanol–water partition coefficient (Wildman–Crippen LogP) is 3.76. The molecule has 3 aliphatic carbocycles. The summed E-state index contributed by atoms with van der Waals surface area (Å²) >= 11 is 0. The monoisotopic (exact) mass is 233 g/mol. The summed E-state index contributed by atoms with van der Waals surface area (Å²) in [6.07, 6.45) is 13.6. The van der Waals surface area contributed by atoms with Gasteiger partial charge in [0.15, 0.2) is 0 Å². The summed E-state index contributed by atoms with van der Waals surface area (Å²) in [5, 5.41) is 3.87. The topological polar surface area (TPSA) is 12.0 Å². The standard InChI is InChI=1S/C16H27N/c1-3-16(7-4-8-16)11-17-12(2)15-10-13-5-6-14(15)9-13/h5-6,12-15,17H,3-4,7-11H2,1-2H3. The summed E-state index contributed by atoms with van der Waals surface area (Å²) in [4.78, 5) is 0. The van der Waals surface area contributed by atoms with Crippen molar-refractivity contribution < 1.29 is 0 Å². The minimum absolute atomic E-state index is 0.668. The fraction of sp³-hybridized carbons (Fsp3) is 0.875. The molecular weight excluding hydrogens is 206 g/mol. The van der Waals surface area contributed by atoms with E-state index >= 15 is 0 Å². The molecule has 4 atom stereocenters. The Kier molecular flexibility index (Phi) is 3.06. The van der Waals surface area contributed by atoms with E-state index in [2.05, 4.69) is 31.3 Å². The SMILES string of the molecule is CCC1(CNC(C)C2CC3C=CC2C3)CCC1. The van der Waals surface area contributed by atoms with Gasteiger partial charge in [0.2, 0.25) is 0 Å². The van der Waals surface area contributed by atoms with E-state index in [4.69, 9.17) is 0 Å². The number of hydrogen-bond donors (Lipinski definition) is 1. The molecule has 0 amide bonds. The van der Waals surface area contributed by atoms with Gasteiger partial charge in [-0.1, -0.05) is 25.5 Å². The van der Waals surface area contributed by atoms with Gasteiger partial charge in [-0.05, 0) is 62.2 Å². The normalized spacial score (nSPS) is 39.3. The van der Waals surface area contributed by atoms with E-state index in [-0.39, 0.29) is 0 Å². The summed E-state index contributed by atoms with van der Waals surface area (Å²) in [6.45, 7) is 6.05. The van der Waals surface area contributed by atoms with Crippen LogP contribution in [0.25, 0.3) is 0 Å². The van der Waals surface area contributed by atoms with E-state index in [0.29, 0.717) is 5.41 Å². The van der Waals surface area contributed by atoms with E-state index in [1.807, 2.05) is 0 Å². The Morgan fingerprint density at radius 1 is 1.29 bits per heavy atom. The van der Waals surface area contributed by atoms with Gasteiger partial charge in [0.05, 0.1) is 0 Å². The molecule has 0 aromatic carbocycles. The first-order chi connectivity index (χ1) is 8.22. The third-order valence-electron chi connectivity index (χ3n) is 5.94. The zero-order valence-corrected chi connectivity index (χ0v) is 11.4. The second-order valence-corrected chi connectivity index (χ2v) is 6.82. The van der Waals surface area contributed by atoms with Crippen molar-refractivity contribution >= 4 is 0 Å². The Bertz CT molecular complexity index is 297. The molecule has 0 saturated heterocycles. The van der Waals surface area contributed by atoms with Crippen molar-refractivity contribution in [3.05, 3.63) is 12.2 Å². The Hall–Kier alpha value is -0.300. The minimum Gasteiger partial charge on any atom is -0.313 e. The van der Waals surface area contributed by atoms with Gasteiger partial charge >= 0.3 is 0 Å². The molecule has 2 fully saturated rings. The summed E-state index contributed by atoms with van der Waals surface area (Å²) in [7, 11) is 0. The van der Waals surface area contributed by atoms with Gasteiger partial charge in [-0.25, -0.2) is 0 Å². The minimum atomic E-state index is 0.668. The predicted molar refractivity (Wildman–Crippen MR) is 72.9 cm³/mol. The molecule has 0 heterocycles. The van der Waals surface area contributed by atoms with Crippen LogP contribution >= 0.6 is 0 Å². The van der Waals surface area contributed by atoms with Crippen molar-refractivity contribution in [2.24, 2.45) is 23.2 Å². The molecule has 4 unspecified atom stereocenters.